The number of fused-ring (bicyclic) bond motifs is 1. The molecule has 1 saturated heterocycles. The molecule has 138 valence electrons. The van der Waals surface area contributed by atoms with Crippen molar-refractivity contribution in [3.05, 3.63) is 58.4 Å². The largest absolute Gasteiger partial charge is 0.376 e. The number of Topliss-reactive ketones (excluding diaryl/α,β-unsaturated/α-hetero) is 1. The van der Waals surface area contributed by atoms with Gasteiger partial charge in [-0.25, -0.2) is 0 Å². The number of aromatic nitrogens is 1. The monoisotopic (exact) mass is 352 g/mol. The van der Waals surface area contributed by atoms with Crippen LogP contribution in [-0.2, 0) is 24.2 Å². The fourth-order valence-electron chi connectivity index (χ4n) is 4.33. The molecular weight excluding hydrogens is 324 g/mol. The molecule has 0 radical (unpaired) electrons. The molecule has 0 spiro atoms. The molecule has 1 atom stereocenters. The van der Waals surface area contributed by atoms with E-state index in [1.165, 1.54) is 11.1 Å². The number of carbonyl (C=O) groups is 1. The van der Waals surface area contributed by atoms with E-state index in [4.69, 9.17) is 4.74 Å². The van der Waals surface area contributed by atoms with Crippen LogP contribution >= 0.6 is 0 Å². The highest BCUT2D eigenvalue weighted by molar-refractivity contribution is 5.99. The third-order valence-corrected chi connectivity index (χ3v) is 5.86. The minimum absolute atomic E-state index is 0.232. The van der Waals surface area contributed by atoms with Crippen LogP contribution in [0.15, 0.2) is 30.3 Å². The van der Waals surface area contributed by atoms with Crippen LogP contribution < -0.4 is 0 Å². The van der Waals surface area contributed by atoms with Gasteiger partial charge in [-0.3, -0.25) is 9.69 Å². The smallest absolute Gasteiger partial charge is 0.178 e. The van der Waals surface area contributed by atoms with Crippen molar-refractivity contribution in [1.82, 2.24) is 9.47 Å². The molecule has 1 unspecified atom stereocenters. The van der Waals surface area contributed by atoms with E-state index in [9.17, 15) is 4.79 Å². The van der Waals surface area contributed by atoms with E-state index in [0.717, 1.165) is 62.5 Å². The molecule has 4 nitrogen and oxygen atoms in total. The molecule has 0 amide bonds. The van der Waals surface area contributed by atoms with Gasteiger partial charge in [0.1, 0.15) is 0 Å². The Morgan fingerprint density at radius 3 is 2.81 bits per heavy atom. The molecule has 2 aliphatic heterocycles. The fraction of sp³-hybridized carbons (Fsp3) is 0.500. The average molecular weight is 352 g/mol. The molecular formula is C22H28N2O2. The van der Waals surface area contributed by atoms with Gasteiger partial charge >= 0.3 is 0 Å². The van der Waals surface area contributed by atoms with Gasteiger partial charge < -0.3 is 9.30 Å². The topological polar surface area (TPSA) is 34.5 Å². The maximum Gasteiger partial charge on any atom is 0.178 e. The van der Waals surface area contributed by atoms with Crippen LogP contribution in [0, 0.1) is 13.8 Å². The van der Waals surface area contributed by atoms with Crippen molar-refractivity contribution >= 4 is 5.78 Å². The Labute approximate surface area is 155 Å². The van der Waals surface area contributed by atoms with E-state index in [2.05, 4.69) is 53.6 Å². The van der Waals surface area contributed by atoms with Gasteiger partial charge in [0.05, 0.1) is 12.6 Å². The summed E-state index contributed by atoms with van der Waals surface area (Å²) in [5, 5.41) is 0. The zero-order valence-electron chi connectivity index (χ0n) is 15.8. The third kappa shape index (κ3) is 3.49. The normalized spacial score (nSPS) is 20.3. The molecule has 0 bridgehead atoms. The maximum atomic E-state index is 13.0. The van der Waals surface area contributed by atoms with Crippen molar-refractivity contribution in [2.75, 3.05) is 19.7 Å². The summed E-state index contributed by atoms with van der Waals surface area (Å²) >= 11 is 0. The Bertz CT molecular complexity index is 802. The summed E-state index contributed by atoms with van der Waals surface area (Å²) in [5.74, 6) is 0.232. The summed E-state index contributed by atoms with van der Waals surface area (Å²) < 4.78 is 8.04. The Balaban J connectivity index is 1.45. The van der Waals surface area contributed by atoms with Crippen LogP contribution in [0.1, 0.15) is 45.7 Å². The number of benzene rings is 1. The molecule has 4 rings (SSSR count). The van der Waals surface area contributed by atoms with E-state index in [0.29, 0.717) is 12.6 Å². The fourth-order valence-corrected chi connectivity index (χ4v) is 4.33. The SMILES string of the molecule is Cc1cc(C(=O)CN2CCc3ccccc3C2)c(C)n1CC1CCCO1. The van der Waals surface area contributed by atoms with Gasteiger partial charge in [-0.1, -0.05) is 24.3 Å². The van der Waals surface area contributed by atoms with Crippen molar-refractivity contribution in [3.63, 3.8) is 0 Å². The number of ether oxygens (including phenoxy) is 1. The number of ketones is 1. The molecule has 0 aliphatic carbocycles. The average Bonchev–Trinajstić information content (AvgIpc) is 3.25. The number of aryl methyl sites for hydroxylation is 1. The van der Waals surface area contributed by atoms with Crippen molar-refractivity contribution in [2.24, 2.45) is 0 Å². The maximum absolute atomic E-state index is 13.0. The Morgan fingerprint density at radius 2 is 2.04 bits per heavy atom. The lowest BCUT2D eigenvalue weighted by molar-refractivity contribution is 0.0914. The highest BCUT2D eigenvalue weighted by Crippen LogP contribution is 2.22. The molecule has 1 fully saturated rings. The third-order valence-electron chi connectivity index (χ3n) is 5.86. The lowest BCUT2D eigenvalue weighted by Gasteiger charge is -2.28. The molecule has 1 aromatic heterocycles. The van der Waals surface area contributed by atoms with Crippen LogP contribution in [0.5, 0.6) is 0 Å². The summed E-state index contributed by atoms with van der Waals surface area (Å²) in [5.41, 5.74) is 5.89. The van der Waals surface area contributed by atoms with Gasteiger partial charge in [0.2, 0.25) is 0 Å². The molecule has 0 saturated carbocycles. The first-order valence-corrected chi connectivity index (χ1v) is 9.72. The zero-order chi connectivity index (χ0) is 18.1. The predicted octanol–water partition coefficient (Wildman–Crippen LogP) is 3.52. The van der Waals surface area contributed by atoms with Crippen LogP contribution in [0.4, 0.5) is 0 Å². The van der Waals surface area contributed by atoms with E-state index >= 15 is 0 Å². The van der Waals surface area contributed by atoms with Crippen LogP contribution in [0.3, 0.4) is 0 Å². The number of hydrogen-bond donors (Lipinski definition) is 0. The number of carbonyl (C=O) groups excluding carboxylic acids is 1. The second-order valence-electron chi connectivity index (χ2n) is 7.68. The van der Waals surface area contributed by atoms with Crippen LogP contribution in [0.25, 0.3) is 0 Å². The molecule has 3 heterocycles. The summed E-state index contributed by atoms with van der Waals surface area (Å²) in [6.07, 6.45) is 3.59. The predicted molar refractivity (Wildman–Crippen MR) is 103 cm³/mol. The van der Waals surface area contributed by atoms with E-state index in [1.807, 2.05) is 0 Å². The summed E-state index contributed by atoms with van der Waals surface area (Å²) in [4.78, 5) is 15.2. The number of rotatable bonds is 5. The van der Waals surface area contributed by atoms with E-state index < -0.39 is 0 Å². The minimum Gasteiger partial charge on any atom is -0.376 e. The van der Waals surface area contributed by atoms with Crippen molar-refractivity contribution in [1.29, 1.82) is 0 Å². The van der Waals surface area contributed by atoms with Crippen molar-refractivity contribution in [2.45, 2.75) is 52.3 Å². The van der Waals surface area contributed by atoms with Gasteiger partial charge in [-0.2, -0.15) is 0 Å². The minimum atomic E-state index is 0.232. The Morgan fingerprint density at radius 1 is 1.23 bits per heavy atom. The zero-order valence-corrected chi connectivity index (χ0v) is 15.8. The van der Waals surface area contributed by atoms with Gasteiger partial charge in [0.15, 0.2) is 5.78 Å². The van der Waals surface area contributed by atoms with Crippen molar-refractivity contribution < 1.29 is 9.53 Å². The summed E-state index contributed by atoms with van der Waals surface area (Å²) in [7, 11) is 0. The summed E-state index contributed by atoms with van der Waals surface area (Å²) in [6, 6.07) is 10.6. The lowest BCUT2D eigenvalue weighted by atomic mass is 9.99. The molecule has 0 N–H and O–H groups in total. The highest BCUT2D eigenvalue weighted by Gasteiger charge is 2.23. The first-order valence-electron chi connectivity index (χ1n) is 9.72. The second-order valence-corrected chi connectivity index (χ2v) is 7.68. The van der Waals surface area contributed by atoms with Gasteiger partial charge in [-0.15, -0.1) is 0 Å². The van der Waals surface area contributed by atoms with Gasteiger partial charge in [-0.05, 0) is 50.3 Å². The highest BCUT2D eigenvalue weighted by atomic mass is 16.5. The quantitative estimate of drug-likeness (QED) is 0.772. The molecule has 1 aromatic carbocycles. The summed E-state index contributed by atoms with van der Waals surface area (Å²) in [6.45, 7) is 8.22. The van der Waals surface area contributed by atoms with E-state index in [1.54, 1.807) is 0 Å². The second kappa shape index (κ2) is 7.37. The molecule has 2 aromatic rings. The standard InChI is InChI=1S/C22H28N2O2/c1-16-12-21(17(2)24(16)14-20-8-5-11-26-20)22(25)15-23-10-9-18-6-3-4-7-19(18)13-23/h3-4,6-7,12,20H,5,8-11,13-15H2,1-2H3. The van der Waals surface area contributed by atoms with E-state index in [-0.39, 0.29) is 5.78 Å². The van der Waals surface area contributed by atoms with Crippen LogP contribution in [0.2, 0.25) is 0 Å². The molecule has 2 aliphatic rings. The molecule has 26 heavy (non-hydrogen) atoms. The first kappa shape index (κ1) is 17.5. The van der Waals surface area contributed by atoms with Gasteiger partial charge in [0, 0.05) is 43.2 Å². The Kier molecular flexibility index (Phi) is 4.96. The number of hydrogen-bond acceptors (Lipinski definition) is 3. The number of nitrogens with zero attached hydrogens (tertiary/aromatic N) is 2. The van der Waals surface area contributed by atoms with Crippen LogP contribution in [-0.4, -0.2) is 41.1 Å². The molecule has 4 heteroatoms. The van der Waals surface area contributed by atoms with Gasteiger partial charge in [0.25, 0.3) is 0 Å². The Hall–Kier alpha value is -1.91. The lowest BCUT2D eigenvalue weighted by Crippen LogP contribution is -2.35. The first-order chi connectivity index (χ1) is 12.6. The van der Waals surface area contributed by atoms with Crippen molar-refractivity contribution in [3.8, 4) is 0 Å².